The highest BCUT2D eigenvalue weighted by Gasteiger charge is 2.26. The SMILES string of the molecule is COc1ccc(C(=O)c2c(C)n(C(=O)OC(C)(C)C)c3ccccc23)cc1. The minimum atomic E-state index is -0.630. The van der Waals surface area contributed by atoms with Crippen LogP contribution in [0.4, 0.5) is 4.79 Å². The number of nitrogens with zero attached hydrogens (tertiary/aromatic N) is 1. The lowest BCUT2D eigenvalue weighted by Gasteiger charge is -2.20. The minimum absolute atomic E-state index is 0.145. The third kappa shape index (κ3) is 3.58. The zero-order valence-corrected chi connectivity index (χ0v) is 16.2. The molecular weight excluding hydrogens is 342 g/mol. The van der Waals surface area contributed by atoms with E-state index in [2.05, 4.69) is 0 Å². The first-order valence-electron chi connectivity index (χ1n) is 8.75. The van der Waals surface area contributed by atoms with Gasteiger partial charge in [-0.15, -0.1) is 0 Å². The zero-order chi connectivity index (χ0) is 19.8. The molecule has 0 bridgehead atoms. The number of carbonyl (C=O) groups is 2. The van der Waals surface area contributed by atoms with Crippen LogP contribution < -0.4 is 4.74 Å². The van der Waals surface area contributed by atoms with E-state index in [1.165, 1.54) is 4.57 Å². The number of methoxy groups -OCH3 is 1. The Labute approximate surface area is 158 Å². The number of fused-ring (bicyclic) bond motifs is 1. The maximum Gasteiger partial charge on any atom is 0.419 e. The number of rotatable bonds is 3. The molecule has 140 valence electrons. The number of hydrogen-bond donors (Lipinski definition) is 0. The quantitative estimate of drug-likeness (QED) is 0.615. The van der Waals surface area contributed by atoms with Gasteiger partial charge in [-0.05, 0) is 58.0 Å². The van der Waals surface area contributed by atoms with Crippen molar-refractivity contribution >= 4 is 22.8 Å². The number of aromatic nitrogens is 1. The second-order valence-electron chi connectivity index (χ2n) is 7.35. The first-order valence-corrected chi connectivity index (χ1v) is 8.75. The molecule has 0 saturated carbocycles. The highest BCUT2D eigenvalue weighted by atomic mass is 16.6. The van der Waals surface area contributed by atoms with Gasteiger partial charge in [0.15, 0.2) is 5.78 Å². The summed E-state index contributed by atoms with van der Waals surface area (Å²) in [5.74, 6) is 0.535. The van der Waals surface area contributed by atoms with E-state index >= 15 is 0 Å². The molecule has 5 nitrogen and oxygen atoms in total. The molecular formula is C22H23NO4. The van der Waals surface area contributed by atoms with Gasteiger partial charge in [-0.1, -0.05) is 18.2 Å². The van der Waals surface area contributed by atoms with E-state index in [-0.39, 0.29) is 5.78 Å². The average Bonchev–Trinajstić information content (AvgIpc) is 2.91. The molecule has 0 unspecified atom stereocenters. The summed E-state index contributed by atoms with van der Waals surface area (Å²) in [5, 5.41) is 0.724. The summed E-state index contributed by atoms with van der Waals surface area (Å²) < 4.78 is 12.2. The molecule has 0 aliphatic heterocycles. The Kier molecular flexibility index (Phi) is 4.79. The summed E-state index contributed by atoms with van der Waals surface area (Å²) in [5.41, 5.74) is 1.62. The number of hydrogen-bond acceptors (Lipinski definition) is 4. The van der Waals surface area contributed by atoms with Crippen molar-refractivity contribution in [2.45, 2.75) is 33.3 Å². The standard InChI is InChI=1S/C22H23NO4/c1-14-19(20(24)15-10-12-16(26-5)13-11-15)17-8-6-7-9-18(17)23(14)21(25)27-22(2,3)4/h6-13H,1-5H3. The zero-order valence-electron chi connectivity index (χ0n) is 16.2. The molecule has 0 amide bonds. The molecule has 0 fully saturated rings. The van der Waals surface area contributed by atoms with Crippen LogP contribution in [0.1, 0.15) is 42.4 Å². The van der Waals surface area contributed by atoms with Crippen molar-refractivity contribution in [1.82, 2.24) is 4.57 Å². The fourth-order valence-electron chi connectivity index (χ4n) is 3.08. The van der Waals surface area contributed by atoms with Gasteiger partial charge >= 0.3 is 6.09 Å². The van der Waals surface area contributed by atoms with E-state index < -0.39 is 11.7 Å². The molecule has 1 heterocycles. The molecule has 3 rings (SSSR count). The smallest absolute Gasteiger partial charge is 0.419 e. The lowest BCUT2D eigenvalue weighted by Crippen LogP contribution is -2.27. The Hall–Kier alpha value is -3.08. The van der Waals surface area contributed by atoms with Gasteiger partial charge in [0.05, 0.1) is 18.2 Å². The summed E-state index contributed by atoms with van der Waals surface area (Å²) >= 11 is 0. The minimum Gasteiger partial charge on any atom is -0.497 e. The molecule has 3 aromatic rings. The number of benzene rings is 2. The van der Waals surface area contributed by atoms with Crippen molar-refractivity contribution in [3.8, 4) is 5.75 Å². The van der Waals surface area contributed by atoms with Gasteiger partial charge in [0.1, 0.15) is 11.4 Å². The normalized spacial score (nSPS) is 11.4. The maximum absolute atomic E-state index is 13.2. The molecule has 2 aromatic carbocycles. The maximum atomic E-state index is 13.2. The van der Waals surface area contributed by atoms with Crippen LogP contribution in [0.15, 0.2) is 48.5 Å². The lowest BCUT2D eigenvalue weighted by molar-refractivity contribution is 0.0541. The lowest BCUT2D eigenvalue weighted by atomic mass is 10.0. The van der Waals surface area contributed by atoms with Gasteiger partial charge in [0.2, 0.25) is 0 Å². The van der Waals surface area contributed by atoms with Gasteiger partial charge in [-0.3, -0.25) is 4.79 Å². The monoisotopic (exact) mass is 365 g/mol. The van der Waals surface area contributed by atoms with Crippen LogP contribution >= 0.6 is 0 Å². The van der Waals surface area contributed by atoms with Gasteiger partial charge in [-0.2, -0.15) is 0 Å². The molecule has 1 aromatic heterocycles. The molecule has 27 heavy (non-hydrogen) atoms. The molecule has 0 aliphatic carbocycles. The van der Waals surface area contributed by atoms with Crippen LogP contribution in [-0.4, -0.2) is 29.2 Å². The number of para-hydroxylation sites is 1. The topological polar surface area (TPSA) is 57.5 Å². The Morgan fingerprint density at radius 3 is 2.19 bits per heavy atom. The Bertz CT molecular complexity index is 1010. The van der Waals surface area contributed by atoms with E-state index in [1.807, 2.05) is 45.0 Å². The number of ketones is 1. The summed E-state index contributed by atoms with van der Waals surface area (Å²) in [6, 6.07) is 14.3. The summed E-state index contributed by atoms with van der Waals surface area (Å²) in [4.78, 5) is 26.0. The van der Waals surface area contributed by atoms with Crippen molar-refractivity contribution in [1.29, 1.82) is 0 Å². The first kappa shape index (κ1) is 18.7. The molecule has 0 aliphatic rings. The van der Waals surface area contributed by atoms with Crippen LogP contribution in [0, 0.1) is 6.92 Å². The molecule has 0 saturated heterocycles. The van der Waals surface area contributed by atoms with Crippen LogP contribution in [0.25, 0.3) is 10.9 Å². The van der Waals surface area contributed by atoms with E-state index in [0.29, 0.717) is 28.1 Å². The fraction of sp³-hybridized carbons (Fsp3) is 0.273. The van der Waals surface area contributed by atoms with Gasteiger partial charge in [0.25, 0.3) is 0 Å². The molecule has 5 heteroatoms. The second-order valence-corrected chi connectivity index (χ2v) is 7.35. The van der Waals surface area contributed by atoms with Crippen molar-refractivity contribution < 1.29 is 19.1 Å². The van der Waals surface area contributed by atoms with Crippen molar-refractivity contribution in [2.24, 2.45) is 0 Å². The van der Waals surface area contributed by atoms with Gasteiger partial charge in [0, 0.05) is 16.6 Å². The van der Waals surface area contributed by atoms with E-state index in [1.54, 1.807) is 38.3 Å². The number of carbonyl (C=O) groups excluding carboxylic acids is 2. The van der Waals surface area contributed by atoms with E-state index in [0.717, 1.165) is 5.39 Å². The predicted molar refractivity (Wildman–Crippen MR) is 105 cm³/mol. The molecule has 0 radical (unpaired) electrons. The summed E-state index contributed by atoms with van der Waals surface area (Å²) in [7, 11) is 1.58. The summed E-state index contributed by atoms with van der Waals surface area (Å²) in [6.07, 6.45) is -0.495. The first-order chi connectivity index (χ1) is 12.7. The van der Waals surface area contributed by atoms with E-state index in [9.17, 15) is 9.59 Å². The highest BCUT2D eigenvalue weighted by Crippen LogP contribution is 2.29. The molecule has 0 spiro atoms. The van der Waals surface area contributed by atoms with Crippen LogP contribution in [-0.2, 0) is 4.74 Å². The Morgan fingerprint density at radius 1 is 0.963 bits per heavy atom. The second kappa shape index (κ2) is 6.91. The van der Waals surface area contributed by atoms with Crippen LogP contribution in [0.2, 0.25) is 0 Å². The van der Waals surface area contributed by atoms with Crippen LogP contribution in [0.5, 0.6) is 5.75 Å². The average molecular weight is 365 g/mol. The third-order valence-electron chi connectivity index (χ3n) is 4.27. The number of ether oxygens (including phenoxy) is 2. The fourth-order valence-corrected chi connectivity index (χ4v) is 3.08. The van der Waals surface area contributed by atoms with Crippen molar-refractivity contribution in [3.63, 3.8) is 0 Å². The van der Waals surface area contributed by atoms with Gasteiger partial charge < -0.3 is 9.47 Å². The largest absolute Gasteiger partial charge is 0.497 e. The van der Waals surface area contributed by atoms with Gasteiger partial charge in [-0.25, -0.2) is 9.36 Å². The highest BCUT2D eigenvalue weighted by molar-refractivity contribution is 6.18. The van der Waals surface area contributed by atoms with Crippen molar-refractivity contribution in [3.05, 3.63) is 65.4 Å². The summed E-state index contributed by atoms with van der Waals surface area (Å²) in [6.45, 7) is 7.21. The Balaban J connectivity index is 2.14. The third-order valence-corrected chi connectivity index (χ3v) is 4.27. The van der Waals surface area contributed by atoms with Crippen LogP contribution in [0.3, 0.4) is 0 Å². The Morgan fingerprint density at radius 2 is 1.59 bits per heavy atom. The predicted octanol–water partition coefficient (Wildman–Crippen LogP) is 4.97. The van der Waals surface area contributed by atoms with Crippen molar-refractivity contribution in [2.75, 3.05) is 7.11 Å². The molecule has 0 N–H and O–H groups in total. The van der Waals surface area contributed by atoms with E-state index in [4.69, 9.17) is 9.47 Å². The molecule has 0 atom stereocenters.